The summed E-state index contributed by atoms with van der Waals surface area (Å²) >= 11 is 5.41. The number of furan rings is 1. The normalized spacial score (nSPS) is 12.8. The standard InChI is InChI=1S/C14H18BrNOS/c1-3-7-16-13(14-11(15)6-9-18-14)10-5-8-17-12(10)4-2/h5-6,8-9,13,16H,3-4,7H2,1-2H3. The van der Waals surface area contributed by atoms with Gasteiger partial charge in [0.1, 0.15) is 5.76 Å². The molecule has 0 saturated heterocycles. The second-order valence-electron chi connectivity index (χ2n) is 4.17. The van der Waals surface area contributed by atoms with Crippen molar-refractivity contribution in [3.05, 3.63) is 44.4 Å². The molecule has 2 heterocycles. The topological polar surface area (TPSA) is 25.2 Å². The van der Waals surface area contributed by atoms with Gasteiger partial charge in [-0.05, 0) is 46.4 Å². The zero-order chi connectivity index (χ0) is 13.0. The van der Waals surface area contributed by atoms with E-state index in [0.29, 0.717) is 0 Å². The van der Waals surface area contributed by atoms with Crippen molar-refractivity contribution in [2.75, 3.05) is 6.54 Å². The minimum atomic E-state index is 0.230. The molecule has 0 amide bonds. The highest BCUT2D eigenvalue weighted by atomic mass is 79.9. The van der Waals surface area contributed by atoms with Gasteiger partial charge in [-0.2, -0.15) is 0 Å². The maximum Gasteiger partial charge on any atom is 0.108 e. The first-order valence-electron chi connectivity index (χ1n) is 6.30. The molecule has 0 spiro atoms. The molecule has 1 N–H and O–H groups in total. The second kappa shape index (κ2) is 6.55. The van der Waals surface area contributed by atoms with E-state index in [2.05, 4.69) is 52.6 Å². The third-order valence-electron chi connectivity index (χ3n) is 2.92. The van der Waals surface area contributed by atoms with Crippen LogP contribution in [0.2, 0.25) is 0 Å². The van der Waals surface area contributed by atoms with E-state index >= 15 is 0 Å². The van der Waals surface area contributed by atoms with Gasteiger partial charge in [0.2, 0.25) is 0 Å². The summed E-state index contributed by atoms with van der Waals surface area (Å²) in [5, 5.41) is 5.73. The van der Waals surface area contributed by atoms with Gasteiger partial charge in [0.25, 0.3) is 0 Å². The minimum Gasteiger partial charge on any atom is -0.469 e. The second-order valence-corrected chi connectivity index (χ2v) is 5.97. The van der Waals surface area contributed by atoms with E-state index in [1.165, 1.54) is 14.9 Å². The molecular weight excluding hydrogens is 310 g/mol. The number of hydrogen-bond donors (Lipinski definition) is 1. The molecule has 0 aromatic carbocycles. The van der Waals surface area contributed by atoms with Crippen molar-refractivity contribution in [1.29, 1.82) is 0 Å². The summed E-state index contributed by atoms with van der Waals surface area (Å²) in [6.45, 7) is 5.32. The zero-order valence-corrected chi connectivity index (χ0v) is 13.1. The molecule has 0 aliphatic carbocycles. The zero-order valence-electron chi connectivity index (χ0n) is 10.7. The van der Waals surface area contributed by atoms with Gasteiger partial charge in [-0.3, -0.25) is 0 Å². The van der Waals surface area contributed by atoms with Gasteiger partial charge < -0.3 is 9.73 Å². The Balaban J connectivity index is 2.34. The molecule has 2 nitrogen and oxygen atoms in total. The van der Waals surface area contributed by atoms with Gasteiger partial charge >= 0.3 is 0 Å². The van der Waals surface area contributed by atoms with Crippen molar-refractivity contribution in [3.8, 4) is 0 Å². The molecule has 0 aliphatic rings. The van der Waals surface area contributed by atoms with Crippen molar-refractivity contribution in [1.82, 2.24) is 5.32 Å². The van der Waals surface area contributed by atoms with E-state index in [1.54, 1.807) is 17.6 Å². The van der Waals surface area contributed by atoms with Gasteiger partial charge in [0.15, 0.2) is 0 Å². The Kier molecular flexibility index (Phi) is 5.03. The largest absolute Gasteiger partial charge is 0.469 e. The molecule has 1 atom stereocenters. The number of rotatable bonds is 6. The van der Waals surface area contributed by atoms with Gasteiger partial charge in [-0.25, -0.2) is 0 Å². The molecular formula is C14H18BrNOS. The smallest absolute Gasteiger partial charge is 0.108 e. The predicted molar refractivity (Wildman–Crippen MR) is 80.2 cm³/mol. The fourth-order valence-corrected chi connectivity index (χ4v) is 3.73. The Morgan fingerprint density at radius 3 is 2.83 bits per heavy atom. The molecule has 1 unspecified atom stereocenters. The molecule has 2 aromatic rings. The lowest BCUT2D eigenvalue weighted by atomic mass is 10.0. The quantitative estimate of drug-likeness (QED) is 0.827. The summed E-state index contributed by atoms with van der Waals surface area (Å²) < 4.78 is 6.73. The highest BCUT2D eigenvalue weighted by molar-refractivity contribution is 9.10. The first kappa shape index (κ1) is 13.8. The summed E-state index contributed by atoms with van der Waals surface area (Å²) in [7, 11) is 0. The van der Waals surface area contributed by atoms with Crippen molar-refractivity contribution in [2.24, 2.45) is 0 Å². The van der Waals surface area contributed by atoms with Gasteiger partial charge in [-0.1, -0.05) is 13.8 Å². The van der Waals surface area contributed by atoms with Crippen molar-refractivity contribution >= 4 is 27.3 Å². The third-order valence-corrected chi connectivity index (χ3v) is 4.85. The van der Waals surface area contributed by atoms with Crippen LogP contribution in [-0.4, -0.2) is 6.54 Å². The van der Waals surface area contributed by atoms with Crippen molar-refractivity contribution in [3.63, 3.8) is 0 Å². The van der Waals surface area contributed by atoms with Crippen LogP contribution in [0, 0.1) is 0 Å². The van der Waals surface area contributed by atoms with Crippen LogP contribution >= 0.6 is 27.3 Å². The lowest BCUT2D eigenvalue weighted by molar-refractivity contribution is 0.501. The molecule has 4 heteroatoms. The summed E-state index contributed by atoms with van der Waals surface area (Å²) in [5.41, 5.74) is 1.26. The first-order chi connectivity index (χ1) is 8.77. The van der Waals surface area contributed by atoms with Gasteiger partial charge in [-0.15, -0.1) is 11.3 Å². The first-order valence-corrected chi connectivity index (χ1v) is 7.97. The van der Waals surface area contributed by atoms with Crippen molar-refractivity contribution < 1.29 is 4.42 Å². The molecule has 18 heavy (non-hydrogen) atoms. The average molecular weight is 328 g/mol. The van der Waals surface area contributed by atoms with Crippen LogP contribution < -0.4 is 5.32 Å². The van der Waals surface area contributed by atoms with Crippen LogP contribution in [0.3, 0.4) is 0 Å². The highest BCUT2D eigenvalue weighted by Crippen LogP contribution is 2.35. The van der Waals surface area contributed by atoms with E-state index in [9.17, 15) is 0 Å². The predicted octanol–water partition coefficient (Wildman–Crippen LogP) is 4.76. The van der Waals surface area contributed by atoms with E-state index in [1.807, 2.05) is 0 Å². The minimum absolute atomic E-state index is 0.230. The summed E-state index contributed by atoms with van der Waals surface area (Å²) in [6.07, 6.45) is 3.84. The molecule has 98 valence electrons. The highest BCUT2D eigenvalue weighted by Gasteiger charge is 2.21. The lowest BCUT2D eigenvalue weighted by Crippen LogP contribution is -2.23. The molecule has 2 aromatic heterocycles. The maximum absolute atomic E-state index is 5.56. The molecule has 2 rings (SSSR count). The van der Waals surface area contributed by atoms with Crippen LogP contribution in [0.1, 0.15) is 42.5 Å². The average Bonchev–Trinajstić information content (AvgIpc) is 2.99. The maximum atomic E-state index is 5.56. The van der Waals surface area contributed by atoms with Gasteiger partial charge in [0.05, 0.1) is 12.3 Å². The number of nitrogens with one attached hydrogen (secondary N) is 1. The molecule has 0 bridgehead atoms. The summed E-state index contributed by atoms with van der Waals surface area (Å²) in [4.78, 5) is 1.32. The van der Waals surface area contributed by atoms with Gasteiger partial charge in [0, 0.05) is 21.3 Å². The third kappa shape index (κ3) is 2.87. The molecule has 0 saturated carbocycles. The van der Waals surface area contributed by atoms with Crippen LogP contribution in [-0.2, 0) is 6.42 Å². The lowest BCUT2D eigenvalue weighted by Gasteiger charge is -2.18. The molecule has 0 fully saturated rings. The fraction of sp³-hybridized carbons (Fsp3) is 0.429. The Morgan fingerprint density at radius 1 is 1.39 bits per heavy atom. The number of halogens is 1. The number of thiophene rings is 1. The number of aryl methyl sites for hydroxylation is 1. The Morgan fingerprint density at radius 2 is 2.22 bits per heavy atom. The van der Waals surface area contributed by atoms with E-state index in [0.717, 1.165) is 25.1 Å². The number of hydrogen-bond acceptors (Lipinski definition) is 3. The monoisotopic (exact) mass is 327 g/mol. The fourth-order valence-electron chi connectivity index (χ4n) is 2.04. The molecule has 0 radical (unpaired) electrons. The summed E-state index contributed by atoms with van der Waals surface area (Å²) in [5.74, 6) is 1.07. The van der Waals surface area contributed by atoms with E-state index in [-0.39, 0.29) is 6.04 Å². The van der Waals surface area contributed by atoms with Crippen molar-refractivity contribution in [2.45, 2.75) is 32.7 Å². The van der Waals surface area contributed by atoms with Crippen LogP contribution in [0.4, 0.5) is 0 Å². The Labute approximate surface area is 121 Å². The molecule has 0 aliphatic heterocycles. The van der Waals surface area contributed by atoms with Crippen LogP contribution in [0.25, 0.3) is 0 Å². The van der Waals surface area contributed by atoms with E-state index in [4.69, 9.17) is 4.42 Å². The van der Waals surface area contributed by atoms with Crippen LogP contribution in [0.15, 0.2) is 32.7 Å². The Hall–Kier alpha value is -0.580. The summed E-state index contributed by atoms with van der Waals surface area (Å²) in [6, 6.07) is 4.41. The van der Waals surface area contributed by atoms with Crippen LogP contribution in [0.5, 0.6) is 0 Å². The Bertz CT molecular complexity index is 491. The SMILES string of the molecule is CCCNC(c1ccoc1CC)c1sccc1Br. The van der Waals surface area contributed by atoms with E-state index < -0.39 is 0 Å².